The first-order chi connectivity index (χ1) is 9.28. The second-order valence-electron chi connectivity index (χ2n) is 4.81. The number of halogens is 2. The van der Waals surface area contributed by atoms with Gasteiger partial charge in [-0.05, 0) is 51.2 Å². The third kappa shape index (κ3) is 2.65. The molecule has 0 fully saturated rings. The summed E-state index contributed by atoms with van der Waals surface area (Å²) in [6, 6.07) is 14.6. The van der Waals surface area contributed by atoms with E-state index < -0.39 is 0 Å². The summed E-state index contributed by atoms with van der Waals surface area (Å²) in [5.74, 6) is 1.93. The van der Waals surface area contributed by atoms with Gasteiger partial charge in [-0.25, -0.2) is 0 Å². The summed E-state index contributed by atoms with van der Waals surface area (Å²) >= 11 is 9.33. The van der Waals surface area contributed by atoms with Crippen LogP contribution in [0.3, 0.4) is 0 Å². The molecule has 1 aliphatic carbocycles. The molecule has 1 atom stereocenters. The monoisotopic (exact) mass is 336 g/mol. The predicted molar refractivity (Wildman–Crippen MR) is 82.1 cm³/mol. The molecule has 0 N–H and O–H groups in total. The minimum atomic E-state index is 0.523. The number of ether oxygens (including phenoxy) is 1. The van der Waals surface area contributed by atoms with Gasteiger partial charge in [0.1, 0.15) is 5.75 Å². The molecule has 2 aromatic carbocycles. The topological polar surface area (TPSA) is 9.23 Å². The second-order valence-corrected chi connectivity index (χ2v) is 5.93. The van der Waals surface area contributed by atoms with Crippen LogP contribution in [0.1, 0.15) is 22.6 Å². The van der Waals surface area contributed by atoms with E-state index >= 15 is 0 Å². The molecule has 0 radical (unpaired) electrons. The smallest absolute Gasteiger partial charge is 0.133 e. The molecule has 1 nitrogen and oxygen atoms in total. The first-order valence-electron chi connectivity index (χ1n) is 6.33. The third-order valence-corrected chi connectivity index (χ3v) is 4.48. The molecule has 1 aliphatic rings. The standard InChI is InChI=1S/C16H14BrClO/c17-15-7-11(9-18)5-6-16(15)19-10-13-8-12-3-1-2-4-14(12)13/h1-7,13H,8-10H2. The molecule has 0 aromatic heterocycles. The van der Waals surface area contributed by atoms with E-state index in [-0.39, 0.29) is 0 Å². The van der Waals surface area contributed by atoms with Crippen molar-refractivity contribution in [2.45, 2.75) is 18.2 Å². The summed E-state index contributed by atoms with van der Waals surface area (Å²) in [5, 5.41) is 0. The zero-order chi connectivity index (χ0) is 13.2. The fraction of sp³-hybridized carbons (Fsp3) is 0.250. The Balaban J connectivity index is 1.65. The lowest BCUT2D eigenvalue weighted by Gasteiger charge is -2.30. The summed E-state index contributed by atoms with van der Waals surface area (Å²) in [4.78, 5) is 0. The molecule has 98 valence electrons. The Kier molecular flexibility index (Phi) is 3.81. The average Bonchev–Trinajstić information content (AvgIpc) is 2.41. The Morgan fingerprint density at radius 3 is 2.79 bits per heavy atom. The first-order valence-corrected chi connectivity index (χ1v) is 7.65. The zero-order valence-corrected chi connectivity index (χ0v) is 12.7. The summed E-state index contributed by atoms with van der Waals surface area (Å²) in [6.07, 6.45) is 1.12. The largest absolute Gasteiger partial charge is 0.492 e. The maximum Gasteiger partial charge on any atom is 0.133 e. The number of rotatable bonds is 4. The van der Waals surface area contributed by atoms with Crippen molar-refractivity contribution in [2.75, 3.05) is 6.61 Å². The van der Waals surface area contributed by atoms with Gasteiger partial charge in [-0.15, -0.1) is 11.6 Å². The number of fused-ring (bicyclic) bond motifs is 1. The van der Waals surface area contributed by atoms with Crippen LogP contribution >= 0.6 is 27.5 Å². The second kappa shape index (κ2) is 5.56. The van der Waals surface area contributed by atoms with E-state index in [1.165, 1.54) is 11.1 Å². The third-order valence-electron chi connectivity index (χ3n) is 3.55. The van der Waals surface area contributed by atoms with Crippen LogP contribution in [0.2, 0.25) is 0 Å². The van der Waals surface area contributed by atoms with Crippen LogP contribution in [-0.4, -0.2) is 6.61 Å². The number of alkyl halides is 1. The maximum absolute atomic E-state index is 5.91. The summed E-state index contributed by atoms with van der Waals surface area (Å²) in [5.41, 5.74) is 3.97. The quantitative estimate of drug-likeness (QED) is 0.721. The van der Waals surface area contributed by atoms with E-state index in [2.05, 4.69) is 40.2 Å². The van der Waals surface area contributed by atoms with E-state index in [0.29, 0.717) is 11.8 Å². The van der Waals surface area contributed by atoms with E-state index in [0.717, 1.165) is 28.8 Å². The Bertz CT molecular complexity index is 597. The molecule has 0 bridgehead atoms. The number of hydrogen-bond acceptors (Lipinski definition) is 1. The molecule has 3 heteroatoms. The average molecular weight is 338 g/mol. The van der Waals surface area contributed by atoms with Gasteiger partial charge in [-0.2, -0.15) is 0 Å². The number of hydrogen-bond donors (Lipinski definition) is 0. The van der Waals surface area contributed by atoms with Gasteiger partial charge in [0.25, 0.3) is 0 Å². The molecule has 0 spiro atoms. The Labute approximate surface area is 126 Å². The highest BCUT2D eigenvalue weighted by molar-refractivity contribution is 9.10. The van der Waals surface area contributed by atoms with Crippen LogP contribution in [0.5, 0.6) is 5.75 Å². The van der Waals surface area contributed by atoms with Crippen LogP contribution in [0.15, 0.2) is 46.9 Å². The normalized spacial score (nSPS) is 16.6. The van der Waals surface area contributed by atoms with Gasteiger partial charge in [0.15, 0.2) is 0 Å². The molecule has 0 saturated carbocycles. The minimum absolute atomic E-state index is 0.523. The molecular weight excluding hydrogens is 324 g/mol. The van der Waals surface area contributed by atoms with Crippen molar-refractivity contribution in [1.29, 1.82) is 0 Å². The van der Waals surface area contributed by atoms with E-state index in [9.17, 15) is 0 Å². The van der Waals surface area contributed by atoms with Crippen molar-refractivity contribution in [3.05, 3.63) is 63.6 Å². The lowest BCUT2D eigenvalue weighted by Crippen LogP contribution is -2.23. The van der Waals surface area contributed by atoms with Gasteiger partial charge in [-0.3, -0.25) is 0 Å². The molecular formula is C16H14BrClO. The van der Waals surface area contributed by atoms with Gasteiger partial charge < -0.3 is 4.74 Å². The highest BCUT2D eigenvalue weighted by Gasteiger charge is 2.25. The van der Waals surface area contributed by atoms with Crippen LogP contribution in [0.25, 0.3) is 0 Å². The minimum Gasteiger partial charge on any atom is -0.492 e. The van der Waals surface area contributed by atoms with Crippen LogP contribution in [-0.2, 0) is 12.3 Å². The zero-order valence-electron chi connectivity index (χ0n) is 10.4. The fourth-order valence-corrected chi connectivity index (χ4v) is 3.15. The van der Waals surface area contributed by atoms with Gasteiger partial charge in [0.2, 0.25) is 0 Å². The van der Waals surface area contributed by atoms with E-state index in [4.69, 9.17) is 16.3 Å². The molecule has 3 rings (SSSR count). The first kappa shape index (κ1) is 13.0. The molecule has 2 aromatic rings. The summed E-state index contributed by atoms with van der Waals surface area (Å²) < 4.78 is 6.88. The van der Waals surface area contributed by atoms with Gasteiger partial charge in [0.05, 0.1) is 11.1 Å². The van der Waals surface area contributed by atoms with Crippen LogP contribution < -0.4 is 4.74 Å². The van der Waals surface area contributed by atoms with Crippen molar-refractivity contribution >= 4 is 27.5 Å². The predicted octanol–water partition coefficient (Wildman–Crippen LogP) is 4.91. The van der Waals surface area contributed by atoms with Crippen LogP contribution in [0.4, 0.5) is 0 Å². The molecule has 0 aliphatic heterocycles. The molecule has 19 heavy (non-hydrogen) atoms. The molecule has 0 amide bonds. The fourth-order valence-electron chi connectivity index (χ4n) is 2.45. The van der Waals surface area contributed by atoms with Crippen molar-refractivity contribution < 1.29 is 4.74 Å². The lowest BCUT2D eigenvalue weighted by molar-refractivity contribution is 0.273. The lowest BCUT2D eigenvalue weighted by atomic mass is 9.78. The van der Waals surface area contributed by atoms with Gasteiger partial charge >= 0.3 is 0 Å². The van der Waals surface area contributed by atoms with Crippen molar-refractivity contribution in [2.24, 2.45) is 0 Å². The highest BCUT2D eigenvalue weighted by Crippen LogP contribution is 2.36. The Hall–Kier alpha value is -0.990. The molecule has 1 unspecified atom stereocenters. The summed E-state index contributed by atoms with van der Waals surface area (Å²) in [6.45, 7) is 0.732. The Morgan fingerprint density at radius 1 is 1.21 bits per heavy atom. The van der Waals surface area contributed by atoms with Crippen molar-refractivity contribution in [3.8, 4) is 5.75 Å². The highest BCUT2D eigenvalue weighted by atomic mass is 79.9. The number of benzene rings is 2. The van der Waals surface area contributed by atoms with E-state index in [1.54, 1.807) is 0 Å². The van der Waals surface area contributed by atoms with E-state index in [1.807, 2.05) is 18.2 Å². The Morgan fingerprint density at radius 2 is 2.05 bits per heavy atom. The maximum atomic E-state index is 5.91. The molecule has 0 saturated heterocycles. The van der Waals surface area contributed by atoms with Gasteiger partial charge in [0, 0.05) is 11.8 Å². The SMILES string of the molecule is ClCc1ccc(OCC2Cc3ccccc32)c(Br)c1. The summed E-state index contributed by atoms with van der Waals surface area (Å²) in [7, 11) is 0. The molecule has 0 heterocycles. The van der Waals surface area contributed by atoms with Crippen molar-refractivity contribution in [1.82, 2.24) is 0 Å². The van der Waals surface area contributed by atoms with Crippen LogP contribution in [0, 0.1) is 0 Å². The van der Waals surface area contributed by atoms with Crippen molar-refractivity contribution in [3.63, 3.8) is 0 Å². The van der Waals surface area contributed by atoms with Gasteiger partial charge in [-0.1, -0.05) is 30.3 Å².